The van der Waals surface area contributed by atoms with Crippen molar-refractivity contribution in [2.45, 2.75) is 39.7 Å². The van der Waals surface area contributed by atoms with Gasteiger partial charge in [0.2, 0.25) is 0 Å². The number of ether oxygens (including phenoxy) is 1. The van der Waals surface area contributed by atoms with Crippen LogP contribution in [0, 0.1) is 0 Å². The first-order chi connectivity index (χ1) is 6.02. The van der Waals surface area contributed by atoms with Gasteiger partial charge in [0, 0.05) is 6.92 Å². The summed E-state index contributed by atoms with van der Waals surface area (Å²) in [4.78, 5) is 10.4. The summed E-state index contributed by atoms with van der Waals surface area (Å²) in [6.45, 7) is 5.46. The number of esters is 1. The highest BCUT2D eigenvalue weighted by Crippen LogP contribution is 2.01. The minimum atomic E-state index is -0.542. The second-order valence-electron chi connectivity index (χ2n) is 3.32. The van der Waals surface area contributed by atoms with Gasteiger partial charge in [-0.25, -0.2) is 0 Å². The number of hydrogen-bond donors (Lipinski definition) is 1. The lowest BCUT2D eigenvalue weighted by Gasteiger charge is -2.08. The lowest BCUT2D eigenvalue weighted by molar-refractivity contribution is -0.144. The van der Waals surface area contributed by atoms with Crippen molar-refractivity contribution in [3.05, 3.63) is 11.6 Å². The molecule has 76 valence electrons. The molecule has 0 radical (unpaired) electrons. The minimum Gasteiger partial charge on any atom is -0.463 e. The summed E-state index contributed by atoms with van der Waals surface area (Å²) in [6.07, 6.45) is 2.97. The molecule has 1 atom stereocenters. The largest absolute Gasteiger partial charge is 0.463 e. The van der Waals surface area contributed by atoms with Gasteiger partial charge in [-0.1, -0.05) is 11.6 Å². The van der Waals surface area contributed by atoms with E-state index in [1.165, 1.54) is 12.5 Å². The zero-order chi connectivity index (χ0) is 10.3. The maximum absolute atomic E-state index is 10.4. The lowest BCUT2D eigenvalue weighted by atomic mass is 10.1. The molecule has 0 spiro atoms. The Labute approximate surface area is 79.4 Å². The highest BCUT2D eigenvalue weighted by Gasteiger charge is 2.04. The fourth-order valence-electron chi connectivity index (χ4n) is 0.861. The van der Waals surface area contributed by atoms with Crippen LogP contribution in [0.2, 0.25) is 0 Å². The van der Waals surface area contributed by atoms with Crippen LogP contribution in [0.25, 0.3) is 0 Å². The maximum Gasteiger partial charge on any atom is 0.302 e. The molecule has 0 aliphatic carbocycles. The summed E-state index contributed by atoms with van der Waals surface area (Å²) in [7, 11) is 0. The van der Waals surface area contributed by atoms with Gasteiger partial charge in [0.05, 0.1) is 6.10 Å². The van der Waals surface area contributed by atoms with Crippen LogP contribution in [0.15, 0.2) is 11.6 Å². The Morgan fingerprint density at radius 1 is 1.46 bits per heavy atom. The molecule has 0 amide bonds. The first-order valence-electron chi connectivity index (χ1n) is 4.47. The van der Waals surface area contributed by atoms with Crippen molar-refractivity contribution >= 4 is 5.97 Å². The van der Waals surface area contributed by atoms with E-state index < -0.39 is 6.10 Å². The van der Waals surface area contributed by atoms with Gasteiger partial charge in [0.25, 0.3) is 0 Å². The molecule has 0 saturated heterocycles. The number of carbonyl (C=O) groups is 1. The molecule has 0 aliphatic heterocycles. The molecule has 0 fully saturated rings. The number of allylic oxidation sites excluding steroid dienone is 2. The standard InChI is InChI=1S/C10H18O3/c1-8(2)5-4-6-10(12)7-13-9(3)11/h5,10,12H,4,6-7H2,1-3H3. The number of carbonyl (C=O) groups excluding carboxylic acids is 1. The molecule has 0 aliphatic rings. The van der Waals surface area contributed by atoms with E-state index in [1.807, 2.05) is 13.8 Å². The second kappa shape index (κ2) is 6.66. The predicted octanol–water partition coefficient (Wildman–Crippen LogP) is 1.66. The van der Waals surface area contributed by atoms with Crippen LogP contribution < -0.4 is 0 Å². The van der Waals surface area contributed by atoms with Gasteiger partial charge in [-0.15, -0.1) is 0 Å². The third-order valence-corrected chi connectivity index (χ3v) is 1.53. The van der Waals surface area contributed by atoms with Crippen molar-refractivity contribution in [2.24, 2.45) is 0 Å². The number of rotatable bonds is 5. The topological polar surface area (TPSA) is 46.5 Å². The fraction of sp³-hybridized carbons (Fsp3) is 0.700. The average Bonchev–Trinajstić information content (AvgIpc) is 2.00. The SMILES string of the molecule is CC(=O)OCC(O)CCC=C(C)C. The fourth-order valence-corrected chi connectivity index (χ4v) is 0.861. The summed E-state index contributed by atoms with van der Waals surface area (Å²) in [5.74, 6) is -0.346. The summed E-state index contributed by atoms with van der Waals surface area (Å²) in [5, 5.41) is 9.30. The van der Waals surface area contributed by atoms with Gasteiger partial charge in [0.15, 0.2) is 0 Å². The summed E-state index contributed by atoms with van der Waals surface area (Å²) in [5.41, 5.74) is 1.24. The van der Waals surface area contributed by atoms with Crippen molar-refractivity contribution < 1.29 is 14.6 Å². The number of hydrogen-bond acceptors (Lipinski definition) is 3. The molecule has 0 aromatic heterocycles. The monoisotopic (exact) mass is 186 g/mol. The van der Waals surface area contributed by atoms with Crippen LogP contribution in [0.5, 0.6) is 0 Å². The third kappa shape index (κ3) is 9.08. The highest BCUT2D eigenvalue weighted by atomic mass is 16.5. The van der Waals surface area contributed by atoms with Crippen molar-refractivity contribution in [1.29, 1.82) is 0 Å². The van der Waals surface area contributed by atoms with Crippen LogP contribution >= 0.6 is 0 Å². The van der Waals surface area contributed by atoms with Crippen LogP contribution in [-0.4, -0.2) is 23.8 Å². The van der Waals surface area contributed by atoms with Crippen molar-refractivity contribution in [1.82, 2.24) is 0 Å². The molecule has 3 nitrogen and oxygen atoms in total. The van der Waals surface area contributed by atoms with E-state index in [-0.39, 0.29) is 12.6 Å². The van der Waals surface area contributed by atoms with Crippen LogP contribution in [0.3, 0.4) is 0 Å². The van der Waals surface area contributed by atoms with Gasteiger partial charge in [-0.2, -0.15) is 0 Å². The van der Waals surface area contributed by atoms with Gasteiger partial charge in [0.1, 0.15) is 6.61 Å². The predicted molar refractivity (Wildman–Crippen MR) is 51.3 cm³/mol. The summed E-state index contributed by atoms with van der Waals surface area (Å²) >= 11 is 0. The third-order valence-electron chi connectivity index (χ3n) is 1.53. The van der Waals surface area contributed by atoms with E-state index in [4.69, 9.17) is 0 Å². The van der Waals surface area contributed by atoms with Gasteiger partial charge >= 0.3 is 5.97 Å². The molecule has 0 heterocycles. The summed E-state index contributed by atoms with van der Waals surface area (Å²) < 4.78 is 4.65. The smallest absolute Gasteiger partial charge is 0.302 e. The van der Waals surface area contributed by atoms with Gasteiger partial charge in [-0.3, -0.25) is 4.79 Å². The zero-order valence-corrected chi connectivity index (χ0v) is 8.54. The normalized spacial score (nSPS) is 12.0. The van der Waals surface area contributed by atoms with Crippen molar-refractivity contribution in [2.75, 3.05) is 6.61 Å². The van der Waals surface area contributed by atoms with E-state index in [2.05, 4.69) is 10.8 Å². The number of aliphatic hydroxyl groups excluding tert-OH is 1. The Morgan fingerprint density at radius 2 is 2.08 bits per heavy atom. The molecule has 1 N–H and O–H groups in total. The highest BCUT2D eigenvalue weighted by molar-refractivity contribution is 5.65. The minimum absolute atomic E-state index is 0.103. The van der Waals surface area contributed by atoms with Crippen molar-refractivity contribution in [3.8, 4) is 0 Å². The van der Waals surface area contributed by atoms with Crippen LogP contribution in [0.4, 0.5) is 0 Å². The van der Waals surface area contributed by atoms with Crippen LogP contribution in [-0.2, 0) is 9.53 Å². The van der Waals surface area contributed by atoms with Crippen molar-refractivity contribution in [3.63, 3.8) is 0 Å². The van der Waals surface area contributed by atoms with Crippen LogP contribution in [0.1, 0.15) is 33.6 Å². The Hall–Kier alpha value is -0.830. The lowest BCUT2D eigenvalue weighted by Crippen LogP contribution is -2.16. The molecule has 3 heteroatoms. The molecule has 0 bridgehead atoms. The molecule has 0 rings (SSSR count). The van der Waals surface area contributed by atoms with E-state index in [0.717, 1.165) is 6.42 Å². The van der Waals surface area contributed by atoms with Gasteiger partial charge in [-0.05, 0) is 26.7 Å². The molecule has 1 unspecified atom stereocenters. The van der Waals surface area contributed by atoms with E-state index in [9.17, 15) is 9.90 Å². The quantitative estimate of drug-likeness (QED) is 0.524. The average molecular weight is 186 g/mol. The zero-order valence-electron chi connectivity index (χ0n) is 8.54. The van der Waals surface area contributed by atoms with E-state index in [0.29, 0.717) is 6.42 Å². The first-order valence-corrected chi connectivity index (χ1v) is 4.47. The Balaban J connectivity index is 3.46. The second-order valence-corrected chi connectivity index (χ2v) is 3.32. The molecular weight excluding hydrogens is 168 g/mol. The van der Waals surface area contributed by atoms with E-state index >= 15 is 0 Å². The van der Waals surface area contributed by atoms with E-state index in [1.54, 1.807) is 0 Å². The number of aliphatic hydroxyl groups is 1. The molecule has 0 aromatic rings. The molecule has 0 saturated carbocycles. The first kappa shape index (κ1) is 12.2. The Bertz CT molecular complexity index is 181. The molecule has 13 heavy (non-hydrogen) atoms. The Morgan fingerprint density at radius 3 is 2.54 bits per heavy atom. The molecule has 0 aromatic carbocycles. The Kier molecular flexibility index (Phi) is 6.24. The maximum atomic E-state index is 10.4. The van der Waals surface area contributed by atoms with Gasteiger partial charge < -0.3 is 9.84 Å². The summed E-state index contributed by atoms with van der Waals surface area (Å²) in [6, 6.07) is 0. The molecular formula is C10H18O3.